The molecular formula is C18H27NO2. The first-order chi connectivity index (χ1) is 10.1. The Balaban J connectivity index is 1.75. The average molecular weight is 289 g/mol. The molecule has 1 aliphatic heterocycles. The summed E-state index contributed by atoms with van der Waals surface area (Å²) in [4.78, 5) is 0. The van der Waals surface area contributed by atoms with Crippen molar-refractivity contribution in [3.05, 3.63) is 29.3 Å². The lowest BCUT2D eigenvalue weighted by Crippen LogP contribution is -2.48. The Hall–Kier alpha value is -1.06. The van der Waals surface area contributed by atoms with Crippen molar-refractivity contribution in [2.24, 2.45) is 0 Å². The molecule has 3 nitrogen and oxygen atoms in total. The quantitative estimate of drug-likeness (QED) is 0.915. The molecule has 1 aliphatic carbocycles. The van der Waals surface area contributed by atoms with Crippen LogP contribution in [0, 0.1) is 6.92 Å². The number of hydrogen-bond acceptors (Lipinski definition) is 3. The third-order valence-electron chi connectivity index (χ3n) is 5.07. The van der Waals surface area contributed by atoms with Gasteiger partial charge in [0.1, 0.15) is 11.9 Å². The average Bonchev–Trinajstić information content (AvgIpc) is 2.45. The number of aryl methyl sites for hydroxylation is 1. The van der Waals surface area contributed by atoms with E-state index in [1.807, 2.05) is 7.05 Å². The van der Waals surface area contributed by atoms with Crippen molar-refractivity contribution < 1.29 is 9.47 Å². The standard InChI is InChI=1S/C18H27NO2/c1-13-5-6-16(14(2)19-3)17(11-13)21-15-7-10-20-18(12-15)8-4-9-18/h5-6,11,14-15,19H,4,7-10,12H2,1-3H3. The molecule has 2 fully saturated rings. The third kappa shape index (κ3) is 3.09. The van der Waals surface area contributed by atoms with Gasteiger partial charge in [-0.25, -0.2) is 0 Å². The molecule has 1 saturated carbocycles. The molecule has 2 aliphatic rings. The van der Waals surface area contributed by atoms with Gasteiger partial charge in [0.05, 0.1) is 12.2 Å². The van der Waals surface area contributed by atoms with E-state index >= 15 is 0 Å². The van der Waals surface area contributed by atoms with Crippen molar-refractivity contribution in [2.75, 3.05) is 13.7 Å². The zero-order valence-corrected chi connectivity index (χ0v) is 13.4. The molecule has 1 spiro atoms. The van der Waals surface area contributed by atoms with Gasteiger partial charge in [-0.1, -0.05) is 12.1 Å². The highest BCUT2D eigenvalue weighted by molar-refractivity contribution is 5.39. The number of rotatable bonds is 4. The molecule has 116 valence electrons. The van der Waals surface area contributed by atoms with Gasteiger partial charge in [-0.3, -0.25) is 0 Å². The summed E-state index contributed by atoms with van der Waals surface area (Å²) in [5, 5.41) is 3.31. The molecule has 1 aromatic carbocycles. The fourth-order valence-corrected chi connectivity index (χ4v) is 3.44. The Morgan fingerprint density at radius 2 is 2.19 bits per heavy atom. The fraction of sp³-hybridized carbons (Fsp3) is 0.667. The van der Waals surface area contributed by atoms with E-state index in [0.717, 1.165) is 25.2 Å². The summed E-state index contributed by atoms with van der Waals surface area (Å²) in [6, 6.07) is 6.82. The van der Waals surface area contributed by atoms with Crippen LogP contribution in [0.5, 0.6) is 5.75 Å². The number of benzene rings is 1. The number of ether oxygens (including phenoxy) is 2. The molecule has 1 N–H and O–H groups in total. The van der Waals surface area contributed by atoms with Crippen LogP contribution in [0.3, 0.4) is 0 Å². The Morgan fingerprint density at radius 1 is 1.38 bits per heavy atom. The van der Waals surface area contributed by atoms with Crippen molar-refractivity contribution >= 4 is 0 Å². The lowest BCUT2D eigenvalue weighted by atomic mass is 9.74. The summed E-state index contributed by atoms with van der Waals surface area (Å²) in [5.74, 6) is 1.04. The molecule has 2 unspecified atom stereocenters. The van der Waals surface area contributed by atoms with Gasteiger partial charge in [-0.15, -0.1) is 0 Å². The Morgan fingerprint density at radius 3 is 2.86 bits per heavy atom. The van der Waals surface area contributed by atoms with Crippen LogP contribution in [0.1, 0.15) is 56.2 Å². The minimum atomic E-state index is 0.140. The molecule has 21 heavy (non-hydrogen) atoms. The van der Waals surface area contributed by atoms with Crippen LogP contribution in [0.4, 0.5) is 0 Å². The largest absolute Gasteiger partial charge is 0.490 e. The van der Waals surface area contributed by atoms with Gasteiger partial charge in [0.2, 0.25) is 0 Å². The second-order valence-electron chi connectivity index (χ2n) is 6.67. The zero-order valence-electron chi connectivity index (χ0n) is 13.4. The van der Waals surface area contributed by atoms with E-state index in [-0.39, 0.29) is 5.60 Å². The first-order valence-corrected chi connectivity index (χ1v) is 8.20. The number of hydrogen-bond donors (Lipinski definition) is 1. The minimum Gasteiger partial charge on any atom is -0.490 e. The Bertz CT molecular complexity index is 496. The summed E-state index contributed by atoms with van der Waals surface area (Å²) in [6.07, 6.45) is 6.07. The van der Waals surface area contributed by atoms with Crippen LogP contribution in [-0.4, -0.2) is 25.4 Å². The van der Waals surface area contributed by atoms with Crippen LogP contribution in [-0.2, 0) is 4.74 Å². The van der Waals surface area contributed by atoms with Crippen molar-refractivity contribution in [1.82, 2.24) is 5.32 Å². The molecule has 0 bridgehead atoms. The molecule has 1 heterocycles. The van der Waals surface area contributed by atoms with Crippen molar-refractivity contribution in [1.29, 1.82) is 0 Å². The first kappa shape index (κ1) is 14.9. The van der Waals surface area contributed by atoms with Gasteiger partial charge in [0.15, 0.2) is 0 Å². The number of nitrogens with one attached hydrogen (secondary N) is 1. The maximum Gasteiger partial charge on any atom is 0.124 e. The van der Waals surface area contributed by atoms with Gasteiger partial charge in [-0.05, 0) is 51.8 Å². The van der Waals surface area contributed by atoms with Crippen LogP contribution in [0.25, 0.3) is 0 Å². The molecule has 0 aromatic heterocycles. The lowest BCUT2D eigenvalue weighted by Gasteiger charge is -2.47. The molecule has 2 atom stereocenters. The zero-order chi connectivity index (χ0) is 14.9. The molecule has 1 saturated heterocycles. The molecule has 3 heteroatoms. The Kier molecular flexibility index (Phi) is 4.23. The second-order valence-corrected chi connectivity index (χ2v) is 6.67. The van der Waals surface area contributed by atoms with Crippen LogP contribution in [0.15, 0.2) is 18.2 Å². The van der Waals surface area contributed by atoms with E-state index < -0.39 is 0 Å². The van der Waals surface area contributed by atoms with E-state index in [2.05, 4.69) is 37.4 Å². The molecule has 3 rings (SSSR count). The maximum atomic E-state index is 6.40. The van der Waals surface area contributed by atoms with E-state index in [1.165, 1.54) is 30.4 Å². The van der Waals surface area contributed by atoms with E-state index in [4.69, 9.17) is 9.47 Å². The fourth-order valence-electron chi connectivity index (χ4n) is 3.44. The summed E-state index contributed by atoms with van der Waals surface area (Å²) in [6.45, 7) is 5.14. The highest BCUT2D eigenvalue weighted by atomic mass is 16.5. The lowest BCUT2D eigenvalue weighted by molar-refractivity contribution is -0.153. The van der Waals surface area contributed by atoms with E-state index in [9.17, 15) is 0 Å². The Labute approximate surface area is 128 Å². The van der Waals surface area contributed by atoms with E-state index in [1.54, 1.807) is 0 Å². The maximum absolute atomic E-state index is 6.40. The van der Waals surface area contributed by atoms with Gasteiger partial charge in [-0.2, -0.15) is 0 Å². The normalized spacial score (nSPS) is 25.4. The predicted octanol–water partition coefficient (Wildman–Crippen LogP) is 3.76. The van der Waals surface area contributed by atoms with Crippen molar-refractivity contribution in [2.45, 2.75) is 63.7 Å². The van der Waals surface area contributed by atoms with E-state index in [0.29, 0.717) is 12.1 Å². The smallest absolute Gasteiger partial charge is 0.124 e. The van der Waals surface area contributed by atoms with Crippen LogP contribution in [0.2, 0.25) is 0 Å². The SMILES string of the molecule is CNC(C)c1ccc(C)cc1OC1CCOC2(CCC2)C1. The molecular weight excluding hydrogens is 262 g/mol. The molecule has 1 aromatic rings. The molecule has 0 radical (unpaired) electrons. The monoisotopic (exact) mass is 289 g/mol. The predicted molar refractivity (Wildman–Crippen MR) is 84.8 cm³/mol. The molecule has 0 amide bonds. The second kappa shape index (κ2) is 5.98. The van der Waals surface area contributed by atoms with Gasteiger partial charge in [0, 0.05) is 24.4 Å². The topological polar surface area (TPSA) is 30.5 Å². The summed E-state index contributed by atoms with van der Waals surface area (Å²) < 4.78 is 12.4. The van der Waals surface area contributed by atoms with Crippen molar-refractivity contribution in [3.8, 4) is 5.75 Å². The summed E-state index contributed by atoms with van der Waals surface area (Å²) >= 11 is 0. The third-order valence-corrected chi connectivity index (χ3v) is 5.07. The highest BCUT2D eigenvalue weighted by Gasteiger charge is 2.43. The summed E-state index contributed by atoms with van der Waals surface area (Å²) in [7, 11) is 1.99. The minimum absolute atomic E-state index is 0.140. The highest BCUT2D eigenvalue weighted by Crippen LogP contribution is 2.43. The first-order valence-electron chi connectivity index (χ1n) is 8.20. The van der Waals surface area contributed by atoms with Crippen LogP contribution < -0.4 is 10.1 Å². The van der Waals surface area contributed by atoms with Crippen LogP contribution >= 0.6 is 0 Å². The van der Waals surface area contributed by atoms with Crippen molar-refractivity contribution in [3.63, 3.8) is 0 Å². The van der Waals surface area contributed by atoms with Gasteiger partial charge >= 0.3 is 0 Å². The van der Waals surface area contributed by atoms with Gasteiger partial charge < -0.3 is 14.8 Å². The van der Waals surface area contributed by atoms with Gasteiger partial charge in [0.25, 0.3) is 0 Å². The summed E-state index contributed by atoms with van der Waals surface area (Å²) in [5.41, 5.74) is 2.64.